The molecule has 2 aliphatic rings. The van der Waals surface area contributed by atoms with Crippen molar-refractivity contribution in [1.82, 2.24) is 20.1 Å². The standard InChI is InChI=1S/C24H27N5O2/c1-15(2)29-23-20(14-26-29)19(12-21(27-23)17-7-8-17)24(31)25-13-16-5-9-18(10-6-16)28-11-3-4-22(28)30/h5-6,9-10,12,14-15,17H,3-4,7-8,11,13H2,1-2H3,(H,25,31). The minimum Gasteiger partial charge on any atom is -0.348 e. The molecule has 2 fully saturated rings. The quantitative estimate of drug-likeness (QED) is 0.659. The molecule has 160 valence electrons. The van der Waals surface area contributed by atoms with E-state index in [1.54, 1.807) is 6.20 Å². The van der Waals surface area contributed by atoms with E-state index >= 15 is 0 Å². The number of pyridine rings is 1. The van der Waals surface area contributed by atoms with Crippen molar-refractivity contribution in [3.05, 3.63) is 53.3 Å². The van der Waals surface area contributed by atoms with Gasteiger partial charge in [-0.2, -0.15) is 5.10 Å². The Morgan fingerprint density at radius 1 is 1.23 bits per heavy atom. The van der Waals surface area contributed by atoms with Crippen LogP contribution in [-0.2, 0) is 11.3 Å². The van der Waals surface area contributed by atoms with Crippen molar-refractivity contribution in [3.63, 3.8) is 0 Å². The van der Waals surface area contributed by atoms with Gasteiger partial charge in [-0.1, -0.05) is 12.1 Å². The molecular weight excluding hydrogens is 390 g/mol. The molecule has 7 heteroatoms. The Hall–Kier alpha value is -3.22. The number of benzene rings is 1. The molecule has 0 bridgehead atoms. The first-order chi connectivity index (χ1) is 15.0. The van der Waals surface area contributed by atoms with Crippen LogP contribution in [0.5, 0.6) is 0 Å². The van der Waals surface area contributed by atoms with E-state index < -0.39 is 0 Å². The zero-order valence-corrected chi connectivity index (χ0v) is 18.0. The van der Waals surface area contributed by atoms with E-state index in [1.165, 1.54) is 0 Å². The van der Waals surface area contributed by atoms with Gasteiger partial charge in [0, 0.05) is 42.9 Å². The van der Waals surface area contributed by atoms with Crippen molar-refractivity contribution < 1.29 is 9.59 Å². The molecule has 5 rings (SSSR count). The maximum atomic E-state index is 13.1. The number of aromatic nitrogens is 3. The molecule has 1 saturated heterocycles. The van der Waals surface area contributed by atoms with Gasteiger partial charge >= 0.3 is 0 Å². The second-order valence-corrected chi connectivity index (χ2v) is 8.79. The van der Waals surface area contributed by atoms with E-state index in [4.69, 9.17) is 4.98 Å². The predicted octanol–water partition coefficient (Wildman–Crippen LogP) is 3.95. The van der Waals surface area contributed by atoms with Gasteiger partial charge in [-0.25, -0.2) is 9.67 Å². The highest BCUT2D eigenvalue weighted by molar-refractivity contribution is 6.05. The fourth-order valence-electron chi connectivity index (χ4n) is 4.18. The van der Waals surface area contributed by atoms with E-state index in [2.05, 4.69) is 24.3 Å². The van der Waals surface area contributed by atoms with Crippen LogP contribution in [0.4, 0.5) is 5.69 Å². The molecule has 1 saturated carbocycles. The normalized spacial score (nSPS) is 16.5. The largest absolute Gasteiger partial charge is 0.348 e. The summed E-state index contributed by atoms with van der Waals surface area (Å²) in [6.45, 7) is 5.34. The molecule has 2 aromatic heterocycles. The van der Waals surface area contributed by atoms with Gasteiger partial charge in [-0.15, -0.1) is 0 Å². The van der Waals surface area contributed by atoms with Crippen molar-refractivity contribution in [2.45, 2.75) is 58.0 Å². The summed E-state index contributed by atoms with van der Waals surface area (Å²) in [5.41, 5.74) is 4.32. The number of fused-ring (bicyclic) bond motifs is 1. The van der Waals surface area contributed by atoms with E-state index in [0.717, 1.165) is 53.8 Å². The Morgan fingerprint density at radius 2 is 2.00 bits per heavy atom. The summed E-state index contributed by atoms with van der Waals surface area (Å²) in [6.07, 6.45) is 5.53. The van der Waals surface area contributed by atoms with E-state index in [-0.39, 0.29) is 17.9 Å². The Bertz CT molecular complexity index is 1140. The fourth-order valence-corrected chi connectivity index (χ4v) is 4.18. The number of amides is 2. The second kappa shape index (κ2) is 7.80. The third-order valence-corrected chi connectivity index (χ3v) is 6.09. The van der Waals surface area contributed by atoms with Crippen molar-refractivity contribution in [1.29, 1.82) is 0 Å². The number of nitrogens with zero attached hydrogens (tertiary/aromatic N) is 4. The van der Waals surface area contributed by atoms with Crippen LogP contribution < -0.4 is 10.2 Å². The van der Waals surface area contributed by atoms with E-state index in [1.807, 2.05) is 39.9 Å². The molecule has 0 unspecified atom stereocenters. The second-order valence-electron chi connectivity index (χ2n) is 8.79. The van der Waals surface area contributed by atoms with Gasteiger partial charge in [-0.05, 0) is 56.9 Å². The lowest BCUT2D eigenvalue weighted by molar-refractivity contribution is -0.117. The van der Waals surface area contributed by atoms with Gasteiger partial charge in [0.2, 0.25) is 5.91 Å². The summed E-state index contributed by atoms with van der Waals surface area (Å²) in [5, 5.41) is 8.31. The molecule has 1 N–H and O–H groups in total. The Morgan fingerprint density at radius 3 is 2.65 bits per heavy atom. The number of carbonyl (C=O) groups excluding carboxylic acids is 2. The number of rotatable bonds is 6. The highest BCUT2D eigenvalue weighted by Gasteiger charge is 2.28. The van der Waals surface area contributed by atoms with Crippen LogP contribution in [0.3, 0.4) is 0 Å². The number of carbonyl (C=O) groups is 2. The van der Waals surface area contributed by atoms with Crippen molar-refractivity contribution in [2.24, 2.45) is 0 Å². The van der Waals surface area contributed by atoms with Gasteiger partial charge < -0.3 is 10.2 Å². The summed E-state index contributed by atoms with van der Waals surface area (Å²) in [7, 11) is 0. The Kier molecular flexibility index (Phi) is 4.96. The summed E-state index contributed by atoms with van der Waals surface area (Å²) in [4.78, 5) is 31.7. The first-order valence-electron chi connectivity index (χ1n) is 11.1. The first kappa shape index (κ1) is 19.7. The van der Waals surface area contributed by atoms with Crippen LogP contribution in [0, 0.1) is 0 Å². The SMILES string of the molecule is CC(C)n1ncc2c(C(=O)NCc3ccc(N4CCCC4=O)cc3)cc(C3CC3)nc21. The van der Waals surface area contributed by atoms with Gasteiger partial charge in [-0.3, -0.25) is 9.59 Å². The lowest BCUT2D eigenvalue weighted by atomic mass is 10.1. The minimum absolute atomic E-state index is 0.114. The average Bonchev–Trinajstić information content (AvgIpc) is 3.39. The van der Waals surface area contributed by atoms with E-state index in [9.17, 15) is 9.59 Å². The van der Waals surface area contributed by atoms with Crippen molar-refractivity contribution in [2.75, 3.05) is 11.4 Å². The fraction of sp³-hybridized carbons (Fsp3) is 0.417. The van der Waals surface area contributed by atoms with Crippen LogP contribution in [-0.4, -0.2) is 33.1 Å². The highest BCUT2D eigenvalue weighted by atomic mass is 16.2. The molecule has 3 aromatic rings. The summed E-state index contributed by atoms with van der Waals surface area (Å²) in [6, 6.07) is 9.95. The zero-order valence-electron chi connectivity index (χ0n) is 18.0. The van der Waals surface area contributed by atoms with Gasteiger partial charge in [0.05, 0.1) is 17.1 Å². The van der Waals surface area contributed by atoms with Crippen LogP contribution in [0.1, 0.15) is 73.1 Å². The summed E-state index contributed by atoms with van der Waals surface area (Å²) >= 11 is 0. The average molecular weight is 418 g/mol. The van der Waals surface area contributed by atoms with E-state index in [0.29, 0.717) is 24.4 Å². The number of hydrogen-bond acceptors (Lipinski definition) is 4. The maximum Gasteiger partial charge on any atom is 0.252 e. The smallest absolute Gasteiger partial charge is 0.252 e. The molecule has 1 aliphatic heterocycles. The number of hydrogen-bond donors (Lipinski definition) is 1. The Balaban J connectivity index is 1.35. The lowest BCUT2D eigenvalue weighted by Gasteiger charge is -2.16. The van der Waals surface area contributed by atoms with Crippen LogP contribution in [0.25, 0.3) is 11.0 Å². The van der Waals surface area contributed by atoms with Gasteiger partial charge in [0.1, 0.15) is 0 Å². The molecule has 2 amide bonds. The predicted molar refractivity (Wildman–Crippen MR) is 119 cm³/mol. The molecule has 0 atom stereocenters. The maximum absolute atomic E-state index is 13.1. The molecule has 7 nitrogen and oxygen atoms in total. The van der Waals surface area contributed by atoms with Crippen LogP contribution in [0.15, 0.2) is 36.5 Å². The third-order valence-electron chi connectivity index (χ3n) is 6.09. The number of nitrogens with one attached hydrogen (secondary N) is 1. The van der Waals surface area contributed by atoms with Gasteiger partial charge in [0.15, 0.2) is 5.65 Å². The summed E-state index contributed by atoms with van der Waals surface area (Å²) in [5.74, 6) is 0.514. The number of anilines is 1. The lowest BCUT2D eigenvalue weighted by Crippen LogP contribution is -2.24. The minimum atomic E-state index is -0.114. The molecule has 3 heterocycles. The molecule has 31 heavy (non-hydrogen) atoms. The van der Waals surface area contributed by atoms with Gasteiger partial charge in [0.25, 0.3) is 5.91 Å². The third kappa shape index (κ3) is 3.80. The van der Waals surface area contributed by atoms with Crippen molar-refractivity contribution in [3.8, 4) is 0 Å². The Labute approximate surface area is 181 Å². The zero-order chi connectivity index (χ0) is 21.5. The molecule has 0 spiro atoms. The van der Waals surface area contributed by atoms with Crippen LogP contribution >= 0.6 is 0 Å². The highest BCUT2D eigenvalue weighted by Crippen LogP contribution is 2.40. The monoisotopic (exact) mass is 417 g/mol. The van der Waals surface area contributed by atoms with Crippen LogP contribution in [0.2, 0.25) is 0 Å². The molecule has 1 aromatic carbocycles. The molecular formula is C24H27N5O2. The topological polar surface area (TPSA) is 80.1 Å². The summed E-state index contributed by atoms with van der Waals surface area (Å²) < 4.78 is 1.89. The molecule has 1 aliphatic carbocycles. The first-order valence-corrected chi connectivity index (χ1v) is 11.1. The molecule has 0 radical (unpaired) electrons. The van der Waals surface area contributed by atoms with Crippen molar-refractivity contribution >= 4 is 28.5 Å².